The Kier molecular flexibility index (Phi) is 8.42. The van der Waals surface area contributed by atoms with Crippen molar-refractivity contribution in [1.29, 1.82) is 0 Å². The molecule has 2 aromatic heterocycles. The zero-order valence-corrected chi connectivity index (χ0v) is 26.0. The van der Waals surface area contributed by atoms with E-state index in [9.17, 15) is 24.3 Å². The fraction of sp³-hybridized carbons (Fsp3) is 0.276. The minimum absolute atomic E-state index is 0.0636. The number of fused-ring (bicyclic) bond motifs is 2. The Labute approximate surface area is 264 Å². The second kappa shape index (κ2) is 12.4. The van der Waals surface area contributed by atoms with Crippen molar-refractivity contribution in [3.05, 3.63) is 81.8 Å². The molecule has 0 bridgehead atoms. The quantitative estimate of drug-likeness (QED) is 0.148. The van der Waals surface area contributed by atoms with Gasteiger partial charge < -0.3 is 20.7 Å². The Hall–Kier alpha value is -4.21. The van der Waals surface area contributed by atoms with Crippen LogP contribution in [0.25, 0.3) is 11.0 Å². The number of carboxylic acids is 1. The van der Waals surface area contributed by atoms with Crippen molar-refractivity contribution in [2.75, 3.05) is 11.5 Å². The summed E-state index contributed by atoms with van der Waals surface area (Å²) in [7, 11) is 0. The second-order valence-corrected chi connectivity index (χ2v) is 13.6. The first-order chi connectivity index (χ1) is 21.2. The number of nitrogens with one attached hydrogen (secondary N) is 3. The molecule has 3 atom stereocenters. The highest BCUT2D eigenvalue weighted by atomic mass is 32.2. The number of aliphatic carboxylic acids is 1. The first-order valence-electron chi connectivity index (χ1n) is 13.7. The van der Waals surface area contributed by atoms with Crippen LogP contribution in [0.3, 0.4) is 0 Å². The molecular weight excluding hydrogens is 623 g/mol. The summed E-state index contributed by atoms with van der Waals surface area (Å²) in [5, 5.41) is 23.8. The molecule has 1 fully saturated rings. The summed E-state index contributed by atoms with van der Waals surface area (Å²) in [5.74, 6) is -2.12. The number of nitrogens with zero attached hydrogens (tertiary/aromatic N) is 4. The van der Waals surface area contributed by atoms with Crippen molar-refractivity contribution < 1.29 is 24.3 Å². The number of H-pyrrole nitrogens is 1. The van der Waals surface area contributed by atoms with Crippen LogP contribution in [0.15, 0.2) is 64.1 Å². The first-order valence-corrected chi connectivity index (χ1v) is 16.6. The van der Waals surface area contributed by atoms with Gasteiger partial charge in [-0.15, -0.1) is 22.0 Å². The van der Waals surface area contributed by atoms with E-state index in [1.807, 2.05) is 32.0 Å². The van der Waals surface area contributed by atoms with Crippen LogP contribution in [0.2, 0.25) is 0 Å². The summed E-state index contributed by atoms with van der Waals surface area (Å²) < 4.78 is 0.717. The predicted molar refractivity (Wildman–Crippen MR) is 167 cm³/mol. The summed E-state index contributed by atoms with van der Waals surface area (Å²) in [6, 6.07) is 12.3. The van der Waals surface area contributed by atoms with Gasteiger partial charge in [0.05, 0.1) is 11.0 Å². The van der Waals surface area contributed by atoms with Gasteiger partial charge in [0, 0.05) is 11.5 Å². The standard InChI is InChI=1S/C29H27N7O5S3/c1-3-15-10-7-11-18-19(15)31-23(30-18)25(38)32-20(16-8-5-4-6-9-16)24(37)33-21-26(39)36-22(28(40)41)17(12-42-27(21)36)13-43-29-35-34-14(2)44-29/h4-11,20-21,27H,3,12-13H2,1-2H3,(H,30,31)(H,32,38)(H,33,37)(H,40,41)/t20?,21?,27-/m0/s1. The lowest BCUT2D eigenvalue weighted by atomic mass is 10.0. The molecule has 2 aromatic carbocycles. The summed E-state index contributed by atoms with van der Waals surface area (Å²) in [5.41, 5.74) is 3.43. The molecule has 44 heavy (non-hydrogen) atoms. The maximum atomic E-state index is 13.7. The molecule has 2 unspecified atom stereocenters. The van der Waals surface area contributed by atoms with Crippen LogP contribution in [0.5, 0.6) is 0 Å². The highest BCUT2D eigenvalue weighted by Crippen LogP contribution is 2.42. The Bertz CT molecular complexity index is 1800. The van der Waals surface area contributed by atoms with E-state index in [1.165, 1.54) is 39.8 Å². The molecule has 0 aliphatic carbocycles. The average molecular weight is 650 g/mol. The van der Waals surface area contributed by atoms with E-state index in [0.717, 1.165) is 21.3 Å². The minimum Gasteiger partial charge on any atom is -0.477 e. The van der Waals surface area contributed by atoms with Gasteiger partial charge in [0.2, 0.25) is 5.91 Å². The van der Waals surface area contributed by atoms with Crippen LogP contribution in [0.1, 0.15) is 39.7 Å². The number of β-lactam (4-membered cyclic amide) rings is 1. The Morgan fingerprint density at radius 3 is 2.66 bits per heavy atom. The lowest BCUT2D eigenvalue weighted by molar-refractivity contribution is -0.151. The van der Waals surface area contributed by atoms with Gasteiger partial charge in [-0.3, -0.25) is 19.3 Å². The summed E-state index contributed by atoms with van der Waals surface area (Å²) in [4.78, 5) is 61.3. The topological polar surface area (TPSA) is 170 Å². The van der Waals surface area contributed by atoms with E-state index in [0.29, 0.717) is 33.7 Å². The fourth-order valence-corrected chi connectivity index (χ4v) is 8.45. The average Bonchev–Trinajstić information content (AvgIpc) is 3.67. The number of hydrogen-bond acceptors (Lipinski definition) is 10. The van der Waals surface area contributed by atoms with Crippen molar-refractivity contribution in [1.82, 2.24) is 35.7 Å². The number of rotatable bonds is 10. The second-order valence-electron chi connectivity index (χ2n) is 10.1. The van der Waals surface area contributed by atoms with E-state index >= 15 is 0 Å². The van der Waals surface area contributed by atoms with Crippen LogP contribution < -0.4 is 10.6 Å². The number of carbonyl (C=O) groups excluding carboxylic acids is 3. The maximum absolute atomic E-state index is 13.7. The number of aromatic nitrogens is 4. The van der Waals surface area contributed by atoms with Crippen LogP contribution in [-0.2, 0) is 20.8 Å². The van der Waals surface area contributed by atoms with E-state index in [1.54, 1.807) is 30.3 Å². The number of carboxylic acid groups (broad SMARTS) is 1. The Morgan fingerprint density at radius 1 is 1.16 bits per heavy atom. The molecule has 6 rings (SSSR count). The Morgan fingerprint density at radius 2 is 1.95 bits per heavy atom. The highest BCUT2D eigenvalue weighted by molar-refractivity contribution is 8.01. The van der Waals surface area contributed by atoms with Crippen molar-refractivity contribution >= 4 is 69.6 Å². The molecule has 3 amide bonds. The first kappa shape index (κ1) is 29.8. The third-order valence-electron chi connectivity index (χ3n) is 7.29. The van der Waals surface area contributed by atoms with Crippen LogP contribution in [0.4, 0.5) is 0 Å². The number of para-hydroxylation sites is 1. The van der Waals surface area contributed by atoms with Gasteiger partial charge >= 0.3 is 5.97 Å². The molecular formula is C29H27N7O5S3. The number of benzene rings is 2. The smallest absolute Gasteiger partial charge is 0.352 e. The van der Waals surface area contributed by atoms with E-state index in [2.05, 4.69) is 30.8 Å². The van der Waals surface area contributed by atoms with Crippen molar-refractivity contribution in [2.24, 2.45) is 0 Å². The number of amides is 3. The number of imidazole rings is 1. The minimum atomic E-state index is -1.20. The van der Waals surface area contributed by atoms with Gasteiger partial charge in [-0.2, -0.15) is 0 Å². The van der Waals surface area contributed by atoms with Crippen molar-refractivity contribution in [2.45, 2.75) is 42.1 Å². The Balaban J connectivity index is 1.19. The number of hydrogen-bond donors (Lipinski definition) is 4. The van der Waals surface area contributed by atoms with Gasteiger partial charge in [0.15, 0.2) is 10.2 Å². The molecule has 4 aromatic rings. The highest BCUT2D eigenvalue weighted by Gasteiger charge is 2.54. The number of thioether (sulfide) groups is 2. The summed E-state index contributed by atoms with van der Waals surface area (Å²) in [6.45, 7) is 3.84. The summed E-state index contributed by atoms with van der Waals surface area (Å²) >= 11 is 4.17. The zero-order chi connectivity index (χ0) is 31.0. The van der Waals surface area contributed by atoms with E-state index in [-0.39, 0.29) is 11.5 Å². The van der Waals surface area contributed by atoms with Crippen LogP contribution in [0, 0.1) is 6.92 Å². The number of aromatic amines is 1. The fourth-order valence-electron chi connectivity index (χ4n) is 5.15. The number of aryl methyl sites for hydroxylation is 2. The number of carbonyl (C=O) groups is 4. The molecule has 4 N–H and O–H groups in total. The molecule has 2 aliphatic rings. The molecule has 4 heterocycles. The third kappa shape index (κ3) is 5.69. The maximum Gasteiger partial charge on any atom is 0.352 e. The molecule has 1 saturated heterocycles. The predicted octanol–water partition coefficient (Wildman–Crippen LogP) is 3.29. The SMILES string of the molecule is CCc1cccc2[nH]c(C(=O)NC(C(=O)NC3C(=O)N4C(C(=O)O)=C(CSc5nnc(C)s5)CS[C@@H]34)c3ccccc3)nc12. The van der Waals surface area contributed by atoms with Crippen LogP contribution >= 0.6 is 34.9 Å². The lowest BCUT2D eigenvalue weighted by Crippen LogP contribution is -2.71. The lowest BCUT2D eigenvalue weighted by Gasteiger charge is -2.49. The molecule has 12 nitrogen and oxygen atoms in total. The molecule has 226 valence electrons. The third-order valence-corrected chi connectivity index (χ3v) is 10.7. The van der Waals surface area contributed by atoms with Gasteiger partial charge in [0.25, 0.3) is 11.8 Å². The van der Waals surface area contributed by atoms with Gasteiger partial charge in [0.1, 0.15) is 28.2 Å². The molecule has 15 heteroatoms. The monoisotopic (exact) mass is 649 g/mol. The van der Waals surface area contributed by atoms with E-state index in [4.69, 9.17) is 0 Å². The normalized spacial score (nSPS) is 18.5. The largest absolute Gasteiger partial charge is 0.477 e. The van der Waals surface area contributed by atoms with Crippen LogP contribution in [-0.4, -0.2) is 76.8 Å². The molecule has 2 aliphatic heterocycles. The van der Waals surface area contributed by atoms with Gasteiger partial charge in [-0.1, -0.05) is 72.5 Å². The molecule has 0 radical (unpaired) electrons. The van der Waals surface area contributed by atoms with Crippen molar-refractivity contribution in [3.63, 3.8) is 0 Å². The van der Waals surface area contributed by atoms with Gasteiger partial charge in [-0.05, 0) is 36.1 Å². The molecule has 0 spiro atoms. The van der Waals surface area contributed by atoms with Gasteiger partial charge in [-0.25, -0.2) is 9.78 Å². The molecule has 0 saturated carbocycles. The van der Waals surface area contributed by atoms with Crippen molar-refractivity contribution in [3.8, 4) is 0 Å². The summed E-state index contributed by atoms with van der Waals surface area (Å²) in [6.07, 6.45) is 0.742. The van der Waals surface area contributed by atoms with E-state index < -0.39 is 41.1 Å². The zero-order valence-electron chi connectivity index (χ0n) is 23.6.